The third-order valence-corrected chi connectivity index (χ3v) is 2.89. The normalized spacial score (nSPS) is 9.26. The first-order valence-electron chi connectivity index (χ1n) is 5.87. The predicted molar refractivity (Wildman–Crippen MR) is 82.7 cm³/mol. The van der Waals surface area contributed by atoms with Gasteiger partial charge in [0, 0.05) is 23.0 Å². The number of hydrogen-bond acceptors (Lipinski definition) is 4. The molecule has 19 heavy (non-hydrogen) atoms. The van der Waals surface area contributed by atoms with Gasteiger partial charge in [-0.15, -0.1) is 11.3 Å². The molecule has 0 radical (unpaired) electrons. The highest BCUT2D eigenvalue weighted by molar-refractivity contribution is 7.13. The molecule has 0 saturated carbocycles. The van der Waals surface area contributed by atoms with Crippen molar-refractivity contribution in [2.24, 2.45) is 0 Å². The Bertz CT molecular complexity index is 527. The van der Waals surface area contributed by atoms with Crippen LogP contribution in [0.3, 0.4) is 0 Å². The molecule has 0 aliphatic rings. The Hall–Kier alpha value is -2.33. The van der Waals surface area contributed by atoms with Crippen LogP contribution in [0, 0.1) is 0 Å². The van der Waals surface area contributed by atoms with Crippen LogP contribution >= 0.6 is 11.3 Å². The molecule has 3 rings (SSSR count). The number of thiazole rings is 1. The largest absolute Gasteiger partial charge is 0.375 e. The van der Waals surface area contributed by atoms with E-state index in [-0.39, 0.29) is 0 Å². The fourth-order valence-corrected chi connectivity index (χ4v) is 1.83. The van der Waals surface area contributed by atoms with Gasteiger partial charge in [-0.3, -0.25) is 0 Å². The Labute approximate surface area is 116 Å². The van der Waals surface area contributed by atoms with Crippen LogP contribution in [-0.4, -0.2) is 4.98 Å². The lowest BCUT2D eigenvalue weighted by Crippen LogP contribution is -1.87. The lowest BCUT2D eigenvalue weighted by Gasteiger charge is -2.04. The van der Waals surface area contributed by atoms with Gasteiger partial charge in [-0.2, -0.15) is 0 Å². The number of nitrogen functional groups attached to an aromatic ring is 1. The Kier molecular flexibility index (Phi) is 4.96. The van der Waals surface area contributed by atoms with Gasteiger partial charge in [0.15, 0.2) is 5.13 Å². The van der Waals surface area contributed by atoms with Gasteiger partial charge in [-0.1, -0.05) is 36.4 Å². The summed E-state index contributed by atoms with van der Waals surface area (Å²) in [6, 6.07) is 20.3. The number of nitrogens with one attached hydrogen (secondary N) is 1. The molecule has 0 saturated heterocycles. The zero-order chi connectivity index (χ0) is 13.3. The minimum Gasteiger partial charge on any atom is -0.375 e. The first-order chi connectivity index (χ1) is 9.34. The Morgan fingerprint density at radius 2 is 1.37 bits per heavy atom. The summed E-state index contributed by atoms with van der Waals surface area (Å²) in [6.07, 6.45) is 1.68. The summed E-state index contributed by atoms with van der Waals surface area (Å²) in [5.74, 6) is 0. The molecule has 0 fully saturated rings. The van der Waals surface area contributed by atoms with E-state index in [1.54, 1.807) is 6.20 Å². The maximum atomic E-state index is 5.19. The van der Waals surface area contributed by atoms with Crippen molar-refractivity contribution in [1.29, 1.82) is 0 Å². The van der Waals surface area contributed by atoms with E-state index in [0.717, 1.165) is 11.4 Å². The van der Waals surface area contributed by atoms with Crippen LogP contribution in [-0.2, 0) is 0 Å². The highest BCUT2D eigenvalue weighted by atomic mass is 32.1. The SMILES string of the molecule is Nc1nccs1.c1ccc(Nc2ccccc2)cc1. The van der Waals surface area contributed by atoms with Crippen molar-refractivity contribution in [3.63, 3.8) is 0 Å². The van der Waals surface area contributed by atoms with E-state index >= 15 is 0 Å². The molecule has 3 aromatic rings. The maximum Gasteiger partial charge on any atom is 0.179 e. The molecule has 4 heteroatoms. The minimum atomic E-state index is 0.634. The van der Waals surface area contributed by atoms with E-state index in [0.29, 0.717) is 5.13 Å². The third kappa shape index (κ3) is 4.81. The fourth-order valence-electron chi connectivity index (χ4n) is 1.44. The quantitative estimate of drug-likeness (QED) is 0.734. The van der Waals surface area contributed by atoms with Crippen molar-refractivity contribution in [3.05, 3.63) is 72.2 Å². The van der Waals surface area contributed by atoms with Gasteiger partial charge in [0.05, 0.1) is 0 Å². The molecule has 3 nitrogen and oxygen atoms in total. The van der Waals surface area contributed by atoms with Crippen LogP contribution < -0.4 is 11.1 Å². The van der Waals surface area contributed by atoms with Gasteiger partial charge in [0.2, 0.25) is 0 Å². The molecule has 1 heterocycles. The Morgan fingerprint density at radius 3 is 1.68 bits per heavy atom. The van der Waals surface area contributed by atoms with Crippen LogP contribution in [0.4, 0.5) is 16.5 Å². The molecule has 96 valence electrons. The average Bonchev–Trinajstić information content (AvgIpc) is 2.93. The van der Waals surface area contributed by atoms with Crippen molar-refractivity contribution >= 4 is 27.8 Å². The fraction of sp³-hybridized carbons (Fsp3) is 0. The molecule has 3 N–H and O–H groups in total. The summed E-state index contributed by atoms with van der Waals surface area (Å²) in [7, 11) is 0. The van der Waals surface area contributed by atoms with Gasteiger partial charge in [-0.25, -0.2) is 4.98 Å². The van der Waals surface area contributed by atoms with Crippen LogP contribution in [0.25, 0.3) is 0 Å². The van der Waals surface area contributed by atoms with E-state index in [1.165, 1.54) is 11.3 Å². The van der Waals surface area contributed by atoms with Crippen LogP contribution in [0.15, 0.2) is 72.2 Å². The zero-order valence-corrected chi connectivity index (χ0v) is 11.2. The lowest BCUT2D eigenvalue weighted by molar-refractivity contribution is 1.43. The highest BCUT2D eigenvalue weighted by Gasteiger charge is 1.89. The van der Waals surface area contributed by atoms with E-state index in [2.05, 4.69) is 10.3 Å². The number of hydrogen-bond donors (Lipinski definition) is 2. The maximum absolute atomic E-state index is 5.19. The molecule has 0 atom stereocenters. The molecule has 0 spiro atoms. The minimum absolute atomic E-state index is 0.634. The van der Waals surface area contributed by atoms with E-state index < -0.39 is 0 Å². The Morgan fingerprint density at radius 1 is 0.842 bits per heavy atom. The second-order valence-electron chi connectivity index (χ2n) is 3.73. The molecule has 2 aromatic carbocycles. The summed E-state index contributed by atoms with van der Waals surface area (Å²) in [5.41, 5.74) is 7.42. The molecule has 0 unspecified atom stereocenters. The van der Waals surface area contributed by atoms with Crippen LogP contribution in [0.5, 0.6) is 0 Å². The van der Waals surface area contributed by atoms with Gasteiger partial charge in [0.1, 0.15) is 0 Å². The number of aromatic nitrogens is 1. The first kappa shape index (κ1) is 13.1. The van der Waals surface area contributed by atoms with Crippen molar-refractivity contribution in [2.45, 2.75) is 0 Å². The van der Waals surface area contributed by atoms with Crippen molar-refractivity contribution < 1.29 is 0 Å². The topological polar surface area (TPSA) is 50.9 Å². The molecule has 0 aliphatic carbocycles. The molecule has 0 aliphatic heterocycles. The summed E-state index contributed by atoms with van der Waals surface area (Å²) in [4.78, 5) is 3.71. The van der Waals surface area contributed by atoms with Gasteiger partial charge in [-0.05, 0) is 24.3 Å². The monoisotopic (exact) mass is 269 g/mol. The second-order valence-corrected chi connectivity index (χ2v) is 4.65. The van der Waals surface area contributed by atoms with E-state index in [4.69, 9.17) is 5.73 Å². The number of rotatable bonds is 2. The summed E-state index contributed by atoms with van der Waals surface area (Å²) >= 11 is 1.44. The number of anilines is 3. The third-order valence-electron chi connectivity index (χ3n) is 2.29. The van der Waals surface area contributed by atoms with Crippen molar-refractivity contribution in [3.8, 4) is 0 Å². The number of nitrogens with two attached hydrogens (primary N) is 1. The van der Waals surface area contributed by atoms with E-state index in [9.17, 15) is 0 Å². The highest BCUT2D eigenvalue weighted by Crippen LogP contribution is 2.14. The number of para-hydroxylation sites is 2. The molecular formula is C15H15N3S. The molecular weight excluding hydrogens is 254 g/mol. The average molecular weight is 269 g/mol. The number of benzene rings is 2. The van der Waals surface area contributed by atoms with Crippen molar-refractivity contribution in [1.82, 2.24) is 4.98 Å². The standard InChI is InChI=1S/C12H11N.C3H4N2S/c1-3-7-11(8-4-1)13-12-9-5-2-6-10-12;4-3-5-1-2-6-3/h1-10,13H;1-2H,(H2,4,5). The van der Waals surface area contributed by atoms with Gasteiger partial charge < -0.3 is 11.1 Å². The van der Waals surface area contributed by atoms with E-state index in [1.807, 2.05) is 66.0 Å². The summed E-state index contributed by atoms with van der Waals surface area (Å²) in [6.45, 7) is 0. The molecule has 0 bridgehead atoms. The van der Waals surface area contributed by atoms with Gasteiger partial charge >= 0.3 is 0 Å². The zero-order valence-electron chi connectivity index (χ0n) is 10.4. The summed E-state index contributed by atoms with van der Waals surface area (Å²) in [5, 5.41) is 5.78. The summed E-state index contributed by atoms with van der Waals surface area (Å²) < 4.78 is 0. The first-order valence-corrected chi connectivity index (χ1v) is 6.74. The predicted octanol–water partition coefficient (Wildman–Crippen LogP) is 4.16. The van der Waals surface area contributed by atoms with Gasteiger partial charge in [0.25, 0.3) is 0 Å². The van der Waals surface area contributed by atoms with Crippen LogP contribution in [0.2, 0.25) is 0 Å². The Balaban J connectivity index is 0.000000186. The lowest BCUT2D eigenvalue weighted by atomic mass is 10.3. The van der Waals surface area contributed by atoms with Crippen molar-refractivity contribution in [2.75, 3.05) is 11.1 Å². The smallest absolute Gasteiger partial charge is 0.179 e. The van der Waals surface area contributed by atoms with Crippen LogP contribution in [0.1, 0.15) is 0 Å². The second kappa shape index (κ2) is 7.18. The molecule has 1 aromatic heterocycles. The number of nitrogens with zero attached hydrogens (tertiary/aromatic N) is 1. The molecule has 0 amide bonds.